The van der Waals surface area contributed by atoms with Gasteiger partial charge in [0.05, 0.1) is 12.6 Å². The first-order chi connectivity index (χ1) is 10.2. The molecule has 2 N–H and O–H groups in total. The quantitative estimate of drug-likeness (QED) is 0.720. The maximum atomic E-state index is 12.2. The number of carbonyl (C=O) groups is 2. The van der Waals surface area contributed by atoms with Crippen LogP contribution in [0.15, 0.2) is 0 Å². The third-order valence-corrected chi connectivity index (χ3v) is 4.82. The van der Waals surface area contributed by atoms with Crippen LogP contribution >= 0.6 is 0 Å². The van der Waals surface area contributed by atoms with Crippen molar-refractivity contribution in [2.45, 2.75) is 50.2 Å². The molecule has 7 nitrogen and oxygen atoms in total. The Morgan fingerprint density at radius 1 is 1.38 bits per heavy atom. The summed E-state index contributed by atoms with van der Waals surface area (Å²) in [5.41, 5.74) is 2.53. The van der Waals surface area contributed by atoms with Crippen molar-refractivity contribution in [2.24, 2.45) is 0 Å². The van der Waals surface area contributed by atoms with Crippen molar-refractivity contribution in [1.82, 2.24) is 20.6 Å². The first-order valence-electron chi connectivity index (χ1n) is 7.85. The second kappa shape index (κ2) is 6.19. The molecule has 0 aromatic carbocycles. The number of hydroxylamine groups is 1. The van der Waals surface area contributed by atoms with Crippen molar-refractivity contribution in [3.05, 3.63) is 0 Å². The average molecular weight is 296 g/mol. The molecule has 0 spiro atoms. The molecular formula is C14H24N4O3. The smallest absolute Gasteiger partial charge is 0.320 e. The van der Waals surface area contributed by atoms with Gasteiger partial charge in [0.25, 0.3) is 5.91 Å². The summed E-state index contributed by atoms with van der Waals surface area (Å²) in [6.45, 7) is 2.15. The SMILES string of the molecule is CN1C(=O)N2C[C@H]1CC[C@H]2C(=O)NOC[C@H]1CCCCN1. The Hall–Kier alpha value is -1.34. The number of rotatable bonds is 4. The standard InChI is InChI=1S/C14H24N4O3/c1-17-11-5-6-12(18(8-11)14(17)20)13(19)16-21-9-10-4-2-3-7-15-10/h10-12,15H,2-9H2,1H3,(H,16,19)/t10-,11-,12+/m1/s1. The van der Waals surface area contributed by atoms with Crippen LogP contribution < -0.4 is 10.8 Å². The van der Waals surface area contributed by atoms with Crippen LogP contribution in [0, 0.1) is 0 Å². The van der Waals surface area contributed by atoms with Crippen LogP contribution in [0.3, 0.4) is 0 Å². The highest BCUT2D eigenvalue weighted by Crippen LogP contribution is 2.28. The Kier molecular flexibility index (Phi) is 4.30. The molecule has 0 unspecified atom stereocenters. The summed E-state index contributed by atoms with van der Waals surface area (Å²) >= 11 is 0. The van der Waals surface area contributed by atoms with E-state index in [0.717, 1.165) is 19.4 Å². The van der Waals surface area contributed by atoms with E-state index in [1.807, 2.05) is 0 Å². The van der Waals surface area contributed by atoms with E-state index in [1.165, 1.54) is 12.8 Å². The molecule has 3 atom stereocenters. The molecule has 0 radical (unpaired) electrons. The summed E-state index contributed by atoms with van der Waals surface area (Å²) in [4.78, 5) is 33.0. The number of fused-ring (bicyclic) bond motifs is 2. The third kappa shape index (κ3) is 2.98. The molecule has 118 valence electrons. The highest BCUT2D eigenvalue weighted by atomic mass is 16.7. The van der Waals surface area contributed by atoms with Crippen LogP contribution in [0.5, 0.6) is 0 Å². The summed E-state index contributed by atoms with van der Waals surface area (Å²) in [6.07, 6.45) is 5.07. The number of hydrogen-bond acceptors (Lipinski definition) is 4. The van der Waals surface area contributed by atoms with Crippen LogP contribution in [0.2, 0.25) is 0 Å². The van der Waals surface area contributed by atoms with Gasteiger partial charge in [-0.3, -0.25) is 9.63 Å². The summed E-state index contributed by atoms with van der Waals surface area (Å²) < 4.78 is 0. The molecule has 3 aliphatic rings. The maximum Gasteiger partial charge on any atom is 0.320 e. The van der Waals surface area contributed by atoms with Crippen molar-refractivity contribution in [3.63, 3.8) is 0 Å². The summed E-state index contributed by atoms with van der Waals surface area (Å²) in [7, 11) is 1.80. The Labute approximate surface area is 124 Å². The first-order valence-corrected chi connectivity index (χ1v) is 7.85. The summed E-state index contributed by atoms with van der Waals surface area (Å²) in [5, 5.41) is 3.36. The monoisotopic (exact) mass is 296 g/mol. The molecule has 0 aromatic heterocycles. The third-order valence-electron chi connectivity index (χ3n) is 4.82. The largest absolute Gasteiger partial charge is 0.323 e. The van der Waals surface area contributed by atoms with Gasteiger partial charge >= 0.3 is 6.03 Å². The van der Waals surface area contributed by atoms with Gasteiger partial charge in [-0.15, -0.1) is 0 Å². The van der Waals surface area contributed by atoms with Crippen molar-refractivity contribution in [1.29, 1.82) is 0 Å². The van der Waals surface area contributed by atoms with Gasteiger partial charge in [0.15, 0.2) is 0 Å². The van der Waals surface area contributed by atoms with Gasteiger partial charge in [0.2, 0.25) is 0 Å². The minimum Gasteiger partial charge on any atom is -0.323 e. The fourth-order valence-corrected chi connectivity index (χ4v) is 3.46. The lowest BCUT2D eigenvalue weighted by atomic mass is 10.0. The molecule has 0 saturated carbocycles. The minimum atomic E-state index is -0.391. The number of likely N-dealkylation sites (N-methyl/N-ethyl adjacent to an activating group) is 1. The van der Waals surface area contributed by atoms with E-state index in [-0.39, 0.29) is 18.0 Å². The molecule has 3 fully saturated rings. The Morgan fingerprint density at radius 3 is 3.00 bits per heavy atom. The van der Waals surface area contributed by atoms with E-state index in [9.17, 15) is 9.59 Å². The van der Waals surface area contributed by atoms with Gasteiger partial charge in [-0.2, -0.15) is 0 Å². The first kappa shape index (κ1) is 14.6. The maximum absolute atomic E-state index is 12.2. The summed E-state index contributed by atoms with van der Waals surface area (Å²) in [5.74, 6) is -0.201. The van der Waals surface area contributed by atoms with Crippen molar-refractivity contribution >= 4 is 11.9 Å². The van der Waals surface area contributed by atoms with Crippen molar-refractivity contribution < 1.29 is 14.4 Å². The van der Waals surface area contributed by atoms with E-state index in [4.69, 9.17) is 4.84 Å². The van der Waals surface area contributed by atoms with E-state index < -0.39 is 6.04 Å². The molecule has 21 heavy (non-hydrogen) atoms. The van der Waals surface area contributed by atoms with Crippen molar-refractivity contribution in [3.8, 4) is 0 Å². The molecule has 0 aromatic rings. The zero-order valence-corrected chi connectivity index (χ0v) is 12.5. The van der Waals surface area contributed by atoms with E-state index in [1.54, 1.807) is 16.8 Å². The van der Waals surface area contributed by atoms with Gasteiger partial charge in [-0.25, -0.2) is 10.3 Å². The number of piperidine rings is 2. The van der Waals surface area contributed by atoms with Crippen LogP contribution in [0.1, 0.15) is 32.1 Å². The van der Waals surface area contributed by atoms with Gasteiger partial charge in [-0.05, 0) is 32.2 Å². The summed E-state index contributed by atoms with van der Waals surface area (Å²) in [6, 6.07) is 0.132. The highest BCUT2D eigenvalue weighted by molar-refractivity contribution is 5.88. The zero-order valence-electron chi connectivity index (χ0n) is 12.5. The zero-order chi connectivity index (χ0) is 14.8. The minimum absolute atomic E-state index is 0.0494. The lowest BCUT2D eigenvalue weighted by Gasteiger charge is -2.29. The topological polar surface area (TPSA) is 73.9 Å². The lowest BCUT2D eigenvalue weighted by molar-refractivity contribution is -0.139. The number of hydrogen-bond donors (Lipinski definition) is 2. The molecular weight excluding hydrogens is 272 g/mol. The van der Waals surface area contributed by atoms with Gasteiger partial charge in [0.1, 0.15) is 6.04 Å². The molecule has 7 heteroatoms. The molecule has 2 bridgehead atoms. The Bertz CT molecular complexity index is 411. The van der Waals surface area contributed by atoms with E-state index >= 15 is 0 Å². The second-order valence-electron chi connectivity index (χ2n) is 6.22. The molecule has 0 aliphatic carbocycles. The predicted octanol–water partition coefficient (Wildman–Crippen LogP) is 0.0747. The molecule has 3 saturated heterocycles. The van der Waals surface area contributed by atoms with Gasteiger partial charge < -0.3 is 15.1 Å². The highest BCUT2D eigenvalue weighted by Gasteiger charge is 2.45. The fraction of sp³-hybridized carbons (Fsp3) is 0.857. The van der Waals surface area contributed by atoms with Crippen LogP contribution in [-0.2, 0) is 9.63 Å². The van der Waals surface area contributed by atoms with Crippen LogP contribution in [0.4, 0.5) is 4.79 Å². The second-order valence-corrected chi connectivity index (χ2v) is 6.22. The molecule has 3 heterocycles. The number of nitrogens with zero attached hydrogens (tertiary/aromatic N) is 2. The molecule has 3 amide bonds. The Morgan fingerprint density at radius 2 is 2.24 bits per heavy atom. The molecule has 3 aliphatic heterocycles. The number of amides is 3. The van der Waals surface area contributed by atoms with E-state index in [0.29, 0.717) is 25.6 Å². The lowest BCUT2D eigenvalue weighted by Crippen LogP contribution is -2.50. The van der Waals surface area contributed by atoms with Crippen molar-refractivity contribution in [2.75, 3.05) is 26.7 Å². The van der Waals surface area contributed by atoms with E-state index in [2.05, 4.69) is 10.8 Å². The number of nitrogens with one attached hydrogen (secondary N) is 2. The number of urea groups is 1. The fourth-order valence-electron chi connectivity index (χ4n) is 3.46. The normalized spacial score (nSPS) is 32.4. The van der Waals surface area contributed by atoms with Gasteiger partial charge in [-0.1, -0.05) is 6.42 Å². The molecule has 3 rings (SSSR count). The predicted molar refractivity (Wildman–Crippen MR) is 76.4 cm³/mol. The van der Waals surface area contributed by atoms with Crippen LogP contribution in [-0.4, -0.2) is 66.6 Å². The number of carbonyl (C=O) groups excluding carboxylic acids is 2. The van der Waals surface area contributed by atoms with Gasteiger partial charge in [0, 0.05) is 19.6 Å². The Balaban J connectivity index is 1.46. The van der Waals surface area contributed by atoms with Crippen LogP contribution in [0.25, 0.3) is 0 Å². The average Bonchev–Trinajstić information content (AvgIpc) is 2.73.